The van der Waals surface area contributed by atoms with Gasteiger partial charge in [0.05, 0.1) is 18.2 Å². The monoisotopic (exact) mass is 379 g/mol. The van der Waals surface area contributed by atoms with Crippen LogP contribution in [-0.4, -0.2) is 42.4 Å². The number of nitrogens with zero attached hydrogens (tertiary/aromatic N) is 6. The smallest absolute Gasteiger partial charge is 0.266 e. The zero-order chi connectivity index (χ0) is 19.3. The SMILES string of the molecule is O=C(NCCn1nc(-c2ccccc2)ccc1=O)[C@@H]1CCCCn2nnnc21. The molecule has 9 nitrogen and oxygen atoms in total. The predicted molar refractivity (Wildman–Crippen MR) is 101 cm³/mol. The number of carbonyl (C=O) groups excluding carboxylic acids is 1. The van der Waals surface area contributed by atoms with E-state index in [2.05, 4.69) is 25.9 Å². The van der Waals surface area contributed by atoms with Crippen LogP contribution in [0.2, 0.25) is 0 Å². The summed E-state index contributed by atoms with van der Waals surface area (Å²) in [5.41, 5.74) is 1.45. The predicted octanol–water partition coefficient (Wildman–Crippen LogP) is 0.981. The fourth-order valence-electron chi connectivity index (χ4n) is 3.39. The van der Waals surface area contributed by atoms with Gasteiger partial charge in [-0.3, -0.25) is 9.59 Å². The highest BCUT2D eigenvalue weighted by Gasteiger charge is 2.28. The minimum absolute atomic E-state index is 0.120. The maximum atomic E-state index is 12.6. The number of hydrogen-bond donors (Lipinski definition) is 1. The number of amides is 1. The Kier molecular flexibility index (Phi) is 5.22. The number of hydrogen-bond acceptors (Lipinski definition) is 6. The number of carbonyl (C=O) groups is 1. The van der Waals surface area contributed by atoms with Gasteiger partial charge in [-0.2, -0.15) is 5.10 Å². The molecule has 0 saturated heterocycles. The number of rotatable bonds is 5. The zero-order valence-corrected chi connectivity index (χ0v) is 15.4. The fourth-order valence-corrected chi connectivity index (χ4v) is 3.39. The number of benzene rings is 1. The van der Waals surface area contributed by atoms with Crippen LogP contribution in [0.3, 0.4) is 0 Å². The number of aromatic nitrogens is 6. The lowest BCUT2D eigenvalue weighted by Gasteiger charge is -2.14. The van der Waals surface area contributed by atoms with Crippen LogP contribution in [0.4, 0.5) is 0 Å². The Hall–Kier alpha value is -3.36. The molecule has 1 aliphatic heterocycles. The van der Waals surface area contributed by atoms with Crippen molar-refractivity contribution in [2.45, 2.75) is 38.3 Å². The minimum atomic E-state index is -0.363. The zero-order valence-electron chi connectivity index (χ0n) is 15.4. The van der Waals surface area contributed by atoms with Gasteiger partial charge < -0.3 is 5.32 Å². The third kappa shape index (κ3) is 3.83. The first-order valence-electron chi connectivity index (χ1n) is 9.40. The molecular weight excluding hydrogens is 358 g/mol. The van der Waals surface area contributed by atoms with Crippen molar-refractivity contribution in [1.29, 1.82) is 0 Å². The summed E-state index contributed by atoms with van der Waals surface area (Å²) in [4.78, 5) is 24.8. The Labute approximate surface area is 161 Å². The first kappa shape index (κ1) is 18.0. The molecule has 3 heterocycles. The van der Waals surface area contributed by atoms with Gasteiger partial charge >= 0.3 is 0 Å². The molecule has 144 valence electrons. The van der Waals surface area contributed by atoms with Crippen molar-refractivity contribution in [3.63, 3.8) is 0 Å². The minimum Gasteiger partial charge on any atom is -0.354 e. The van der Waals surface area contributed by atoms with Gasteiger partial charge in [-0.05, 0) is 29.3 Å². The van der Waals surface area contributed by atoms with Crippen LogP contribution in [0.1, 0.15) is 31.0 Å². The molecule has 0 saturated carbocycles. The molecule has 0 aliphatic carbocycles. The molecule has 0 unspecified atom stereocenters. The molecule has 0 spiro atoms. The first-order valence-corrected chi connectivity index (χ1v) is 9.40. The van der Waals surface area contributed by atoms with Crippen molar-refractivity contribution < 1.29 is 4.79 Å². The Balaban J connectivity index is 1.42. The number of aryl methyl sites for hydroxylation is 1. The highest BCUT2D eigenvalue weighted by Crippen LogP contribution is 2.23. The van der Waals surface area contributed by atoms with Crippen LogP contribution < -0.4 is 10.9 Å². The van der Waals surface area contributed by atoms with Gasteiger partial charge in [0.25, 0.3) is 5.56 Å². The van der Waals surface area contributed by atoms with Crippen molar-refractivity contribution in [2.75, 3.05) is 6.54 Å². The molecule has 4 rings (SSSR count). The van der Waals surface area contributed by atoms with Gasteiger partial charge in [0.15, 0.2) is 5.82 Å². The van der Waals surface area contributed by atoms with Gasteiger partial charge in [0.1, 0.15) is 0 Å². The summed E-state index contributed by atoms with van der Waals surface area (Å²) in [5, 5.41) is 19.0. The summed E-state index contributed by atoms with van der Waals surface area (Å²) in [7, 11) is 0. The average Bonchev–Trinajstić information content (AvgIpc) is 3.09. The van der Waals surface area contributed by atoms with E-state index in [0.29, 0.717) is 25.3 Å². The first-order chi connectivity index (χ1) is 13.7. The molecule has 0 fully saturated rings. The van der Waals surface area contributed by atoms with Crippen LogP contribution in [0.15, 0.2) is 47.3 Å². The molecule has 9 heteroatoms. The Bertz CT molecular complexity index is 1010. The second-order valence-electron chi connectivity index (χ2n) is 6.75. The largest absolute Gasteiger partial charge is 0.354 e. The third-order valence-electron chi connectivity index (χ3n) is 4.86. The summed E-state index contributed by atoms with van der Waals surface area (Å²) < 4.78 is 3.08. The fraction of sp³-hybridized carbons (Fsp3) is 0.368. The number of tetrazole rings is 1. The summed E-state index contributed by atoms with van der Waals surface area (Å²) in [6.45, 7) is 1.34. The molecule has 3 aromatic rings. The molecule has 1 aliphatic rings. The molecule has 0 radical (unpaired) electrons. The lowest BCUT2D eigenvalue weighted by molar-refractivity contribution is -0.122. The van der Waals surface area contributed by atoms with Crippen LogP contribution in [0.25, 0.3) is 11.3 Å². The van der Waals surface area contributed by atoms with Crippen LogP contribution in [-0.2, 0) is 17.9 Å². The molecule has 1 amide bonds. The van der Waals surface area contributed by atoms with Gasteiger partial charge in [-0.1, -0.05) is 36.8 Å². The summed E-state index contributed by atoms with van der Waals surface area (Å²) >= 11 is 0. The Morgan fingerprint density at radius 3 is 2.86 bits per heavy atom. The third-order valence-corrected chi connectivity index (χ3v) is 4.86. The maximum absolute atomic E-state index is 12.6. The second kappa shape index (κ2) is 8.12. The second-order valence-corrected chi connectivity index (χ2v) is 6.75. The highest BCUT2D eigenvalue weighted by molar-refractivity contribution is 5.82. The standard InChI is InChI=1S/C19H21N7O2/c27-17-10-9-16(14-6-2-1-3-7-14)22-25(17)13-11-20-19(28)15-8-4-5-12-26-18(15)21-23-24-26/h1-3,6-7,9-10,15H,4-5,8,11-13H2,(H,20,28)/t15-/m1/s1. The van der Waals surface area contributed by atoms with E-state index in [1.54, 1.807) is 10.7 Å². The van der Waals surface area contributed by atoms with Crippen LogP contribution >= 0.6 is 0 Å². The van der Waals surface area contributed by atoms with Gasteiger partial charge in [-0.25, -0.2) is 9.36 Å². The van der Waals surface area contributed by atoms with Crippen molar-refractivity contribution in [3.05, 3.63) is 58.6 Å². The molecule has 1 atom stereocenters. The number of nitrogens with one attached hydrogen (secondary N) is 1. The Morgan fingerprint density at radius 1 is 1.14 bits per heavy atom. The summed E-state index contributed by atoms with van der Waals surface area (Å²) in [5.74, 6) is 0.124. The molecule has 2 aromatic heterocycles. The van der Waals surface area contributed by atoms with E-state index in [-0.39, 0.29) is 17.4 Å². The summed E-state index contributed by atoms with van der Waals surface area (Å²) in [6.07, 6.45) is 2.60. The normalized spacial score (nSPS) is 16.2. The quantitative estimate of drug-likeness (QED) is 0.708. The molecular formula is C19H21N7O2. The van der Waals surface area contributed by atoms with E-state index < -0.39 is 0 Å². The van der Waals surface area contributed by atoms with E-state index in [1.165, 1.54) is 10.7 Å². The van der Waals surface area contributed by atoms with E-state index >= 15 is 0 Å². The van der Waals surface area contributed by atoms with Crippen molar-refractivity contribution >= 4 is 5.91 Å². The lowest BCUT2D eigenvalue weighted by Crippen LogP contribution is -2.35. The van der Waals surface area contributed by atoms with Crippen molar-refractivity contribution in [3.8, 4) is 11.3 Å². The average molecular weight is 379 g/mol. The molecule has 1 N–H and O–H groups in total. The lowest BCUT2D eigenvalue weighted by atomic mass is 10.0. The molecule has 0 bridgehead atoms. The maximum Gasteiger partial charge on any atom is 0.266 e. The topological polar surface area (TPSA) is 108 Å². The molecule has 28 heavy (non-hydrogen) atoms. The van der Waals surface area contributed by atoms with Crippen LogP contribution in [0.5, 0.6) is 0 Å². The summed E-state index contributed by atoms with van der Waals surface area (Å²) in [6, 6.07) is 12.9. The van der Waals surface area contributed by atoms with E-state index in [1.807, 2.05) is 30.3 Å². The van der Waals surface area contributed by atoms with Gasteiger partial charge in [-0.15, -0.1) is 5.10 Å². The highest BCUT2D eigenvalue weighted by atomic mass is 16.2. The van der Waals surface area contributed by atoms with E-state index in [9.17, 15) is 9.59 Å². The molecule has 1 aromatic carbocycles. The van der Waals surface area contributed by atoms with Crippen LogP contribution in [0, 0.1) is 0 Å². The van der Waals surface area contributed by atoms with E-state index in [0.717, 1.165) is 30.6 Å². The Morgan fingerprint density at radius 2 is 2.00 bits per heavy atom. The van der Waals surface area contributed by atoms with Gasteiger partial charge in [0.2, 0.25) is 5.91 Å². The van der Waals surface area contributed by atoms with Gasteiger partial charge in [0, 0.05) is 24.7 Å². The number of fused-ring (bicyclic) bond motifs is 1. The van der Waals surface area contributed by atoms with E-state index in [4.69, 9.17) is 0 Å². The van der Waals surface area contributed by atoms with Crippen molar-refractivity contribution in [2.24, 2.45) is 0 Å². The van der Waals surface area contributed by atoms with Crippen molar-refractivity contribution in [1.82, 2.24) is 35.3 Å².